The van der Waals surface area contributed by atoms with Crippen molar-refractivity contribution in [3.63, 3.8) is 0 Å². The molecule has 5 nitrogen and oxygen atoms in total. The van der Waals surface area contributed by atoms with Crippen molar-refractivity contribution in [3.05, 3.63) is 0 Å². The van der Waals surface area contributed by atoms with Crippen molar-refractivity contribution in [2.24, 2.45) is 0 Å². The van der Waals surface area contributed by atoms with Crippen molar-refractivity contribution in [2.45, 2.75) is 96.8 Å². The number of aliphatic carboxylic acids is 1. The van der Waals surface area contributed by atoms with E-state index >= 15 is 0 Å². The van der Waals surface area contributed by atoms with E-state index in [1.165, 1.54) is 70.6 Å². The molecule has 0 aliphatic rings. The van der Waals surface area contributed by atoms with Crippen LogP contribution in [0.2, 0.25) is 0 Å². The van der Waals surface area contributed by atoms with E-state index in [0.29, 0.717) is 6.42 Å². The van der Waals surface area contributed by atoms with Crippen LogP contribution < -0.4 is 0 Å². The average molecular weight is 318 g/mol. The van der Waals surface area contributed by atoms with Gasteiger partial charge in [0.05, 0.1) is 0 Å². The Hall–Kier alpha value is -1.26. The second-order valence-corrected chi connectivity index (χ2v) is 5.67. The maximum absolute atomic E-state index is 10.3. The number of unbranched alkanes of at least 4 members (excludes halogenated alkanes) is 12. The molecule has 0 atom stereocenters. The molecular formula is C17H34O5. The highest BCUT2D eigenvalue weighted by Gasteiger charge is 1.96. The molecule has 0 amide bonds. The number of rotatable bonds is 14. The lowest BCUT2D eigenvalue weighted by Crippen LogP contribution is -1.93. The fourth-order valence-electron chi connectivity index (χ4n) is 2.29. The van der Waals surface area contributed by atoms with Crippen LogP contribution in [-0.4, -0.2) is 27.4 Å². The Morgan fingerprint density at radius 3 is 1.14 bits per heavy atom. The van der Waals surface area contributed by atoms with Gasteiger partial charge in [0.1, 0.15) is 0 Å². The lowest BCUT2D eigenvalue weighted by atomic mass is 10.0. The summed E-state index contributed by atoms with van der Waals surface area (Å²) in [6.45, 7) is 2.26. The van der Waals surface area contributed by atoms with Crippen LogP contribution in [-0.2, 0) is 4.79 Å². The van der Waals surface area contributed by atoms with E-state index in [2.05, 4.69) is 6.92 Å². The smallest absolute Gasteiger partial charge is 0.481 e. The zero-order valence-corrected chi connectivity index (χ0v) is 14.1. The van der Waals surface area contributed by atoms with Crippen molar-refractivity contribution in [1.82, 2.24) is 0 Å². The first-order valence-electron chi connectivity index (χ1n) is 8.64. The molecule has 0 aliphatic heterocycles. The molecule has 0 heterocycles. The van der Waals surface area contributed by atoms with Gasteiger partial charge in [-0.15, -0.1) is 0 Å². The minimum atomic E-state index is -1.83. The highest BCUT2D eigenvalue weighted by Crippen LogP contribution is 2.12. The van der Waals surface area contributed by atoms with E-state index in [1.54, 1.807) is 0 Å². The monoisotopic (exact) mass is 318 g/mol. The molecule has 0 radical (unpaired) electrons. The van der Waals surface area contributed by atoms with Gasteiger partial charge >= 0.3 is 12.1 Å². The molecule has 0 saturated carbocycles. The van der Waals surface area contributed by atoms with Crippen LogP contribution in [0.5, 0.6) is 0 Å². The van der Waals surface area contributed by atoms with E-state index in [9.17, 15) is 4.79 Å². The third kappa shape index (κ3) is 31.2. The molecule has 0 aromatic heterocycles. The molecule has 0 fully saturated rings. The molecule has 132 valence electrons. The number of hydrogen-bond acceptors (Lipinski definition) is 2. The van der Waals surface area contributed by atoms with Crippen molar-refractivity contribution in [2.75, 3.05) is 0 Å². The fraction of sp³-hybridized carbons (Fsp3) is 0.882. The van der Waals surface area contributed by atoms with E-state index in [1.807, 2.05) is 0 Å². The molecule has 5 heteroatoms. The summed E-state index contributed by atoms with van der Waals surface area (Å²) in [5.74, 6) is -0.655. The second kappa shape index (κ2) is 19.7. The van der Waals surface area contributed by atoms with E-state index < -0.39 is 12.1 Å². The summed E-state index contributed by atoms with van der Waals surface area (Å²) in [4.78, 5) is 18.9. The van der Waals surface area contributed by atoms with Crippen molar-refractivity contribution in [3.8, 4) is 0 Å². The van der Waals surface area contributed by atoms with Crippen LogP contribution in [0.15, 0.2) is 0 Å². The van der Waals surface area contributed by atoms with Gasteiger partial charge in [0.2, 0.25) is 0 Å². The van der Waals surface area contributed by atoms with Crippen molar-refractivity contribution < 1.29 is 24.9 Å². The van der Waals surface area contributed by atoms with Gasteiger partial charge < -0.3 is 15.3 Å². The summed E-state index contributed by atoms with van der Waals surface area (Å²) in [5, 5.41) is 22.4. The number of hydrogen-bond donors (Lipinski definition) is 3. The second-order valence-electron chi connectivity index (χ2n) is 5.67. The highest BCUT2D eigenvalue weighted by molar-refractivity contribution is 5.66. The first-order valence-corrected chi connectivity index (χ1v) is 8.64. The standard InChI is InChI=1S/C16H32O2.CH2O3/c1-2-3-4-5-6-7-8-9-10-11-12-13-14-15-16(17)18;2-1(3)4/h2-15H2,1H3,(H,17,18);(H2,2,3,4). The minimum Gasteiger partial charge on any atom is -0.481 e. The van der Waals surface area contributed by atoms with Gasteiger partial charge in [-0.3, -0.25) is 4.79 Å². The van der Waals surface area contributed by atoms with Gasteiger partial charge in [-0.2, -0.15) is 0 Å². The van der Waals surface area contributed by atoms with E-state index in [4.69, 9.17) is 20.1 Å². The van der Waals surface area contributed by atoms with Crippen LogP contribution in [0, 0.1) is 0 Å². The van der Waals surface area contributed by atoms with Gasteiger partial charge in [0, 0.05) is 6.42 Å². The quantitative estimate of drug-likeness (QED) is 0.353. The van der Waals surface area contributed by atoms with E-state index in [-0.39, 0.29) is 0 Å². The maximum atomic E-state index is 10.3. The number of carboxylic acids is 1. The van der Waals surface area contributed by atoms with Crippen LogP contribution in [0.4, 0.5) is 4.79 Å². The largest absolute Gasteiger partial charge is 0.503 e. The molecule has 22 heavy (non-hydrogen) atoms. The zero-order valence-electron chi connectivity index (χ0n) is 14.1. The Morgan fingerprint density at radius 2 is 0.864 bits per heavy atom. The molecule has 0 unspecified atom stereocenters. The predicted octanol–water partition coefficient (Wildman–Crippen LogP) is 5.77. The predicted molar refractivity (Wildman–Crippen MR) is 88.6 cm³/mol. The normalized spacial score (nSPS) is 9.86. The van der Waals surface area contributed by atoms with E-state index in [0.717, 1.165) is 12.8 Å². The summed E-state index contributed by atoms with van der Waals surface area (Å²) in [7, 11) is 0. The lowest BCUT2D eigenvalue weighted by Gasteiger charge is -2.02. The third-order valence-corrected chi connectivity index (χ3v) is 3.49. The molecule has 0 rings (SSSR count). The van der Waals surface area contributed by atoms with Gasteiger partial charge in [-0.05, 0) is 6.42 Å². The average Bonchev–Trinajstić information content (AvgIpc) is 2.43. The summed E-state index contributed by atoms with van der Waals surface area (Å²) in [6, 6.07) is 0. The SMILES string of the molecule is CCCCCCCCCCCCCCCC(=O)O.O=C(O)O. The first kappa shape index (κ1) is 23.0. The van der Waals surface area contributed by atoms with Crippen LogP contribution >= 0.6 is 0 Å². The van der Waals surface area contributed by atoms with Gasteiger partial charge in [0.25, 0.3) is 0 Å². The van der Waals surface area contributed by atoms with Gasteiger partial charge in [0.15, 0.2) is 0 Å². The maximum Gasteiger partial charge on any atom is 0.503 e. The number of carbonyl (C=O) groups is 2. The molecule has 3 N–H and O–H groups in total. The highest BCUT2D eigenvalue weighted by atomic mass is 16.6. The summed E-state index contributed by atoms with van der Waals surface area (Å²) < 4.78 is 0. The Kier molecular flexibility index (Phi) is 20.6. The molecule has 0 bridgehead atoms. The topological polar surface area (TPSA) is 94.8 Å². The molecule has 0 aromatic rings. The van der Waals surface area contributed by atoms with Crippen LogP contribution in [0.1, 0.15) is 96.8 Å². The van der Waals surface area contributed by atoms with Crippen LogP contribution in [0.3, 0.4) is 0 Å². The fourth-order valence-corrected chi connectivity index (χ4v) is 2.29. The molecule has 0 saturated heterocycles. The Labute approximate surface area is 134 Å². The zero-order chi connectivity index (χ0) is 17.1. The molecule has 0 aromatic carbocycles. The molecular weight excluding hydrogens is 284 g/mol. The number of carboxylic acid groups (broad SMARTS) is 3. The third-order valence-electron chi connectivity index (χ3n) is 3.49. The summed E-state index contributed by atoms with van der Waals surface area (Å²) in [6.07, 6.45) is 15.4. The first-order chi connectivity index (χ1) is 10.5. The van der Waals surface area contributed by atoms with Gasteiger partial charge in [-0.1, -0.05) is 84.0 Å². The summed E-state index contributed by atoms with van der Waals surface area (Å²) >= 11 is 0. The van der Waals surface area contributed by atoms with Crippen molar-refractivity contribution in [1.29, 1.82) is 0 Å². The van der Waals surface area contributed by atoms with Crippen LogP contribution in [0.25, 0.3) is 0 Å². The Bertz CT molecular complexity index is 249. The van der Waals surface area contributed by atoms with Crippen molar-refractivity contribution >= 4 is 12.1 Å². The Morgan fingerprint density at radius 1 is 0.591 bits per heavy atom. The summed E-state index contributed by atoms with van der Waals surface area (Å²) in [5.41, 5.74) is 0. The molecule has 0 aliphatic carbocycles. The van der Waals surface area contributed by atoms with Gasteiger partial charge in [-0.25, -0.2) is 4.79 Å². The molecule has 0 spiro atoms. The minimum absolute atomic E-state index is 0.345. The lowest BCUT2D eigenvalue weighted by molar-refractivity contribution is -0.137. The Balaban J connectivity index is 0.